The van der Waals surface area contributed by atoms with Gasteiger partial charge in [0, 0.05) is 10.9 Å². The van der Waals surface area contributed by atoms with Crippen LogP contribution in [0.15, 0.2) is 54.6 Å². The number of hydrogen-bond donors (Lipinski definition) is 0. The van der Waals surface area contributed by atoms with Crippen LogP contribution >= 0.6 is 0 Å². The molecule has 25 heavy (non-hydrogen) atoms. The van der Waals surface area contributed by atoms with Crippen molar-refractivity contribution in [1.82, 2.24) is 4.98 Å². The van der Waals surface area contributed by atoms with Crippen molar-refractivity contribution in [2.24, 2.45) is 5.41 Å². The summed E-state index contributed by atoms with van der Waals surface area (Å²) in [5.41, 5.74) is 2.29. The molecular formula is C21H20F3N. The molecule has 2 aromatic carbocycles. The highest BCUT2D eigenvalue weighted by Gasteiger charge is 2.47. The largest absolute Gasteiger partial charge is 0.394 e. The van der Waals surface area contributed by atoms with Crippen molar-refractivity contribution in [3.8, 4) is 11.3 Å². The number of fused-ring (bicyclic) bond motifs is 1. The minimum atomic E-state index is -4.26. The van der Waals surface area contributed by atoms with Gasteiger partial charge in [-0.25, -0.2) is 4.98 Å². The summed E-state index contributed by atoms with van der Waals surface area (Å²) in [6, 6.07) is 17.0. The molecule has 0 amide bonds. The topological polar surface area (TPSA) is 12.9 Å². The molecular weight excluding hydrogens is 323 g/mol. The van der Waals surface area contributed by atoms with E-state index < -0.39 is 11.6 Å². The average Bonchev–Trinajstić information content (AvgIpc) is 2.53. The van der Waals surface area contributed by atoms with E-state index in [2.05, 4.69) is 4.98 Å². The first kappa shape index (κ1) is 17.5. The number of rotatable bonds is 3. The summed E-state index contributed by atoms with van der Waals surface area (Å²) in [6.45, 7) is 4.47. The first-order valence-corrected chi connectivity index (χ1v) is 8.20. The Kier molecular flexibility index (Phi) is 4.31. The van der Waals surface area contributed by atoms with Gasteiger partial charge >= 0.3 is 6.18 Å². The van der Waals surface area contributed by atoms with E-state index in [0.29, 0.717) is 11.3 Å². The molecule has 3 rings (SSSR count). The fourth-order valence-electron chi connectivity index (χ4n) is 2.92. The van der Waals surface area contributed by atoms with E-state index in [1.807, 2.05) is 55.5 Å². The van der Waals surface area contributed by atoms with Crippen LogP contribution in [0.25, 0.3) is 22.2 Å². The van der Waals surface area contributed by atoms with Gasteiger partial charge in [-0.05, 0) is 37.1 Å². The third-order valence-electron chi connectivity index (χ3n) is 4.52. The van der Waals surface area contributed by atoms with Crippen LogP contribution in [0.5, 0.6) is 0 Å². The van der Waals surface area contributed by atoms with Crippen LogP contribution in [0.1, 0.15) is 25.0 Å². The quantitative estimate of drug-likeness (QED) is 0.540. The van der Waals surface area contributed by atoms with Gasteiger partial charge in [0.1, 0.15) is 0 Å². The van der Waals surface area contributed by atoms with Crippen molar-refractivity contribution in [2.75, 3.05) is 0 Å². The van der Waals surface area contributed by atoms with Gasteiger partial charge < -0.3 is 0 Å². The summed E-state index contributed by atoms with van der Waals surface area (Å²) in [7, 11) is 0. The normalized spacial score (nSPS) is 12.6. The molecule has 130 valence electrons. The van der Waals surface area contributed by atoms with Crippen LogP contribution in [-0.4, -0.2) is 11.2 Å². The first-order valence-electron chi connectivity index (χ1n) is 8.20. The Morgan fingerprint density at radius 3 is 2.32 bits per heavy atom. The summed E-state index contributed by atoms with van der Waals surface area (Å²) < 4.78 is 40.1. The molecule has 3 aromatic rings. The molecule has 0 radical (unpaired) electrons. The Morgan fingerprint density at radius 2 is 1.64 bits per heavy atom. The van der Waals surface area contributed by atoms with E-state index in [4.69, 9.17) is 0 Å². The number of aryl methyl sites for hydroxylation is 1. The standard InChI is InChI=1S/C21H20F3N/c1-14-7-6-8-15(11-14)19-12-16(13-20(2,3)21(22,23)24)17-9-4-5-10-18(17)25-19/h4-12H,13H2,1-3H3. The SMILES string of the molecule is Cc1cccc(-c2cc(CC(C)(C)C(F)(F)F)c3ccccc3n2)c1. The highest BCUT2D eigenvalue weighted by Crippen LogP contribution is 2.41. The lowest BCUT2D eigenvalue weighted by Crippen LogP contribution is -2.34. The van der Waals surface area contributed by atoms with Crippen LogP contribution in [0, 0.1) is 12.3 Å². The Balaban J connectivity index is 2.17. The number of para-hydroxylation sites is 1. The zero-order chi connectivity index (χ0) is 18.2. The third-order valence-corrected chi connectivity index (χ3v) is 4.52. The summed E-state index contributed by atoms with van der Waals surface area (Å²) in [6.07, 6.45) is -4.35. The second kappa shape index (κ2) is 6.17. The number of aromatic nitrogens is 1. The molecule has 0 fully saturated rings. The maximum atomic E-state index is 13.4. The average molecular weight is 343 g/mol. The monoisotopic (exact) mass is 343 g/mol. The second-order valence-electron chi connectivity index (χ2n) is 7.11. The number of benzene rings is 2. The van der Waals surface area contributed by atoms with Gasteiger partial charge in [0.25, 0.3) is 0 Å². The van der Waals surface area contributed by atoms with Crippen molar-refractivity contribution >= 4 is 10.9 Å². The predicted octanol–water partition coefficient (Wildman–Crippen LogP) is 6.34. The van der Waals surface area contributed by atoms with E-state index in [1.165, 1.54) is 13.8 Å². The van der Waals surface area contributed by atoms with Crippen molar-refractivity contribution in [3.63, 3.8) is 0 Å². The fraction of sp³-hybridized carbons (Fsp3) is 0.286. The molecule has 0 aliphatic carbocycles. The Bertz CT molecular complexity index is 910. The van der Waals surface area contributed by atoms with Gasteiger partial charge in [-0.2, -0.15) is 13.2 Å². The maximum absolute atomic E-state index is 13.4. The molecule has 0 unspecified atom stereocenters. The minimum absolute atomic E-state index is 0.0850. The number of halogens is 3. The van der Waals surface area contributed by atoms with Crippen LogP contribution in [0.2, 0.25) is 0 Å². The Labute approximate surface area is 145 Å². The molecule has 0 saturated heterocycles. The van der Waals surface area contributed by atoms with E-state index in [0.717, 1.165) is 22.0 Å². The molecule has 1 nitrogen and oxygen atoms in total. The van der Waals surface area contributed by atoms with Gasteiger partial charge in [0.05, 0.1) is 16.6 Å². The lowest BCUT2D eigenvalue weighted by atomic mass is 9.83. The number of hydrogen-bond acceptors (Lipinski definition) is 1. The van der Waals surface area contributed by atoms with Crippen molar-refractivity contribution < 1.29 is 13.2 Å². The molecule has 0 atom stereocenters. The maximum Gasteiger partial charge on any atom is 0.394 e. The van der Waals surface area contributed by atoms with Crippen molar-refractivity contribution in [1.29, 1.82) is 0 Å². The molecule has 1 aromatic heterocycles. The van der Waals surface area contributed by atoms with E-state index in [1.54, 1.807) is 6.07 Å². The van der Waals surface area contributed by atoms with Gasteiger partial charge in [-0.1, -0.05) is 55.8 Å². The fourth-order valence-corrected chi connectivity index (χ4v) is 2.92. The minimum Gasteiger partial charge on any atom is -0.248 e. The van der Waals surface area contributed by atoms with Crippen LogP contribution < -0.4 is 0 Å². The number of alkyl halides is 3. The molecule has 0 saturated carbocycles. The summed E-state index contributed by atoms with van der Waals surface area (Å²) in [4.78, 5) is 4.66. The number of pyridine rings is 1. The third kappa shape index (κ3) is 3.53. The van der Waals surface area contributed by atoms with Gasteiger partial charge in [-0.15, -0.1) is 0 Å². The van der Waals surface area contributed by atoms with Crippen LogP contribution in [0.4, 0.5) is 13.2 Å². The molecule has 1 heterocycles. The Morgan fingerprint density at radius 1 is 0.920 bits per heavy atom. The van der Waals surface area contributed by atoms with Crippen molar-refractivity contribution in [2.45, 2.75) is 33.4 Å². The zero-order valence-corrected chi connectivity index (χ0v) is 14.5. The van der Waals surface area contributed by atoms with Gasteiger partial charge in [0.2, 0.25) is 0 Å². The smallest absolute Gasteiger partial charge is 0.248 e. The van der Waals surface area contributed by atoms with Crippen molar-refractivity contribution in [3.05, 3.63) is 65.7 Å². The molecule has 0 aliphatic heterocycles. The molecule has 4 heteroatoms. The van der Waals surface area contributed by atoms with E-state index >= 15 is 0 Å². The Hall–Kier alpha value is -2.36. The van der Waals surface area contributed by atoms with Gasteiger partial charge in [-0.3, -0.25) is 0 Å². The summed E-state index contributed by atoms with van der Waals surface area (Å²) in [5.74, 6) is 0. The summed E-state index contributed by atoms with van der Waals surface area (Å²) in [5, 5.41) is 0.774. The highest BCUT2D eigenvalue weighted by molar-refractivity contribution is 5.85. The van der Waals surface area contributed by atoms with E-state index in [-0.39, 0.29) is 6.42 Å². The molecule has 0 N–H and O–H groups in total. The highest BCUT2D eigenvalue weighted by atomic mass is 19.4. The predicted molar refractivity (Wildman–Crippen MR) is 95.5 cm³/mol. The molecule has 0 spiro atoms. The first-order chi connectivity index (χ1) is 11.7. The molecule has 0 aliphatic rings. The summed E-state index contributed by atoms with van der Waals surface area (Å²) >= 11 is 0. The lowest BCUT2D eigenvalue weighted by molar-refractivity contribution is -0.210. The van der Waals surface area contributed by atoms with Crippen LogP contribution in [-0.2, 0) is 6.42 Å². The lowest BCUT2D eigenvalue weighted by Gasteiger charge is -2.28. The zero-order valence-electron chi connectivity index (χ0n) is 14.5. The van der Waals surface area contributed by atoms with E-state index in [9.17, 15) is 13.2 Å². The second-order valence-corrected chi connectivity index (χ2v) is 7.11. The number of nitrogens with zero attached hydrogens (tertiary/aromatic N) is 1. The van der Waals surface area contributed by atoms with Gasteiger partial charge in [0.15, 0.2) is 0 Å². The van der Waals surface area contributed by atoms with Crippen LogP contribution in [0.3, 0.4) is 0 Å². The molecule has 0 bridgehead atoms.